The van der Waals surface area contributed by atoms with E-state index in [9.17, 15) is 14.7 Å². The third kappa shape index (κ3) is 8.65. The van der Waals surface area contributed by atoms with Crippen molar-refractivity contribution in [2.24, 2.45) is 7.05 Å². The number of hydrogen-bond acceptors (Lipinski definition) is 8. The molecule has 5 aromatic rings. The minimum atomic E-state index is -1.09. The zero-order chi connectivity index (χ0) is 43.2. The highest BCUT2D eigenvalue weighted by atomic mass is 35.5. The molecule has 0 radical (unpaired) electrons. The SMILES string of the molecule is Cc1cc(OCCCc2c3n(c4c(-c5c(C)nn(C)c5C)c(Cl)ccc24)CCCN(Cc2cc(C(=O)O)cc(N4CCN(C(=O)OC(C)(C)C)CC4)n2)C3=O)cc(C)c1Cl. The molecule has 0 unspecified atom stereocenters. The molecule has 15 heteroatoms. The van der Waals surface area contributed by atoms with Gasteiger partial charge in [0.2, 0.25) is 0 Å². The molecule has 0 atom stereocenters. The van der Waals surface area contributed by atoms with Crippen LogP contribution in [0.15, 0.2) is 36.4 Å². The molecule has 1 N–H and O–H groups in total. The molecule has 5 heterocycles. The monoisotopic (exact) mass is 857 g/mol. The number of benzene rings is 2. The number of ether oxygens (including phenoxy) is 2. The van der Waals surface area contributed by atoms with Gasteiger partial charge in [-0.25, -0.2) is 14.6 Å². The lowest BCUT2D eigenvalue weighted by Gasteiger charge is -2.36. The molecule has 13 nitrogen and oxygen atoms in total. The molecule has 3 aromatic heterocycles. The Morgan fingerprint density at radius 2 is 1.62 bits per heavy atom. The maximum atomic E-state index is 15.1. The van der Waals surface area contributed by atoms with Gasteiger partial charge >= 0.3 is 12.1 Å². The van der Waals surface area contributed by atoms with Crippen LogP contribution in [0.4, 0.5) is 10.6 Å². The van der Waals surface area contributed by atoms with Gasteiger partial charge in [-0.05, 0) is 115 Å². The zero-order valence-electron chi connectivity index (χ0n) is 35.6. The third-order valence-corrected chi connectivity index (χ3v) is 12.2. The van der Waals surface area contributed by atoms with Crippen LogP contribution in [0.5, 0.6) is 5.75 Å². The number of pyridine rings is 1. The van der Waals surface area contributed by atoms with Crippen LogP contribution in [0.3, 0.4) is 0 Å². The van der Waals surface area contributed by atoms with E-state index in [1.54, 1.807) is 21.9 Å². The van der Waals surface area contributed by atoms with Crippen molar-refractivity contribution < 1.29 is 29.0 Å². The molecule has 0 saturated carbocycles. The fourth-order valence-corrected chi connectivity index (χ4v) is 8.77. The zero-order valence-corrected chi connectivity index (χ0v) is 37.1. The Morgan fingerprint density at radius 1 is 0.917 bits per heavy atom. The predicted molar refractivity (Wildman–Crippen MR) is 234 cm³/mol. The smallest absolute Gasteiger partial charge is 0.410 e. The standard InChI is InChI=1S/C45H53Cl2N7O6/c1-26-21-32(22-27(2)39(26)47)59-20-9-11-33-34-12-13-35(46)38(37-28(3)49-50(8)29(37)4)40(34)54-15-10-14-53(42(55)41(33)54)25-31-23-30(43(56)57)24-36(48-31)51-16-18-52(19-17-51)44(58)60-45(5,6)7/h12-13,21-24H,9-11,14-20,25H2,1-8H3,(H,56,57). The van der Waals surface area contributed by atoms with E-state index in [-0.39, 0.29) is 24.1 Å². The van der Waals surface area contributed by atoms with Crippen LogP contribution >= 0.6 is 23.2 Å². The molecule has 7 rings (SSSR count). The van der Waals surface area contributed by atoms with Gasteiger partial charge in [-0.3, -0.25) is 9.48 Å². The Hall–Kier alpha value is -5.27. The number of carbonyl (C=O) groups is 3. The van der Waals surface area contributed by atoms with Gasteiger partial charge in [0.15, 0.2) is 0 Å². The summed E-state index contributed by atoms with van der Waals surface area (Å²) in [6.07, 6.45) is 1.46. The summed E-state index contributed by atoms with van der Waals surface area (Å²) in [5.41, 5.74) is 7.80. The van der Waals surface area contributed by atoms with Gasteiger partial charge in [-0.15, -0.1) is 0 Å². The van der Waals surface area contributed by atoms with Crippen molar-refractivity contribution in [1.29, 1.82) is 0 Å². The minimum Gasteiger partial charge on any atom is -0.494 e. The lowest BCUT2D eigenvalue weighted by Crippen LogP contribution is -2.50. The molecular weight excluding hydrogens is 805 g/mol. The number of amides is 2. The van der Waals surface area contributed by atoms with Gasteiger partial charge in [0.25, 0.3) is 5.91 Å². The average Bonchev–Trinajstić information content (AvgIpc) is 3.57. The van der Waals surface area contributed by atoms with E-state index in [4.69, 9.17) is 42.8 Å². The van der Waals surface area contributed by atoms with Crippen LogP contribution in [0.2, 0.25) is 10.0 Å². The molecule has 0 spiro atoms. The van der Waals surface area contributed by atoms with E-state index in [1.165, 1.54) is 0 Å². The van der Waals surface area contributed by atoms with Crippen molar-refractivity contribution >= 4 is 57.9 Å². The summed E-state index contributed by atoms with van der Waals surface area (Å²) in [6, 6.07) is 10.9. The second-order valence-electron chi connectivity index (χ2n) is 16.8. The summed E-state index contributed by atoms with van der Waals surface area (Å²) >= 11 is 13.5. The van der Waals surface area contributed by atoms with Gasteiger partial charge in [-0.1, -0.05) is 29.3 Å². The summed E-state index contributed by atoms with van der Waals surface area (Å²) in [4.78, 5) is 50.6. The van der Waals surface area contributed by atoms with E-state index in [0.717, 1.165) is 60.9 Å². The summed E-state index contributed by atoms with van der Waals surface area (Å²) < 4.78 is 15.8. The molecule has 0 aliphatic carbocycles. The van der Waals surface area contributed by atoms with E-state index in [2.05, 4.69) is 4.57 Å². The van der Waals surface area contributed by atoms with Crippen molar-refractivity contribution in [2.45, 2.75) is 86.4 Å². The van der Waals surface area contributed by atoms with Gasteiger partial charge in [0, 0.05) is 73.5 Å². The number of carboxylic acids is 1. The van der Waals surface area contributed by atoms with Crippen LogP contribution in [0, 0.1) is 27.7 Å². The molecule has 0 bridgehead atoms. The Balaban J connectivity index is 1.22. The number of aryl methyl sites for hydroxylation is 6. The first-order chi connectivity index (χ1) is 28.4. The van der Waals surface area contributed by atoms with Gasteiger partial charge < -0.3 is 33.8 Å². The molecule has 2 aliphatic rings. The number of carbonyl (C=O) groups excluding carboxylic acids is 2. The first-order valence-corrected chi connectivity index (χ1v) is 21.2. The minimum absolute atomic E-state index is 0.0780. The molecule has 2 aromatic carbocycles. The number of nitrogens with zero attached hydrogens (tertiary/aromatic N) is 7. The summed E-state index contributed by atoms with van der Waals surface area (Å²) in [7, 11) is 1.91. The Morgan fingerprint density at radius 3 is 2.25 bits per heavy atom. The van der Waals surface area contributed by atoms with E-state index < -0.39 is 11.6 Å². The van der Waals surface area contributed by atoms with Gasteiger partial charge in [-0.2, -0.15) is 5.10 Å². The van der Waals surface area contributed by atoms with Crippen molar-refractivity contribution in [1.82, 2.24) is 29.1 Å². The molecule has 318 valence electrons. The van der Waals surface area contributed by atoms with E-state index >= 15 is 4.79 Å². The molecule has 60 heavy (non-hydrogen) atoms. The maximum Gasteiger partial charge on any atom is 0.410 e. The highest BCUT2D eigenvalue weighted by Gasteiger charge is 2.33. The fourth-order valence-electron chi connectivity index (χ4n) is 8.42. The summed E-state index contributed by atoms with van der Waals surface area (Å²) in [5.74, 6) is -0.0265. The third-order valence-electron chi connectivity index (χ3n) is 11.3. The maximum absolute atomic E-state index is 15.1. The lowest BCUT2D eigenvalue weighted by atomic mass is 9.98. The van der Waals surface area contributed by atoms with Gasteiger partial charge in [0.05, 0.1) is 40.6 Å². The van der Waals surface area contributed by atoms with Crippen LogP contribution in [0.25, 0.3) is 22.0 Å². The van der Waals surface area contributed by atoms with Crippen LogP contribution in [-0.4, -0.2) is 97.1 Å². The summed E-state index contributed by atoms with van der Waals surface area (Å²) in [6.45, 7) is 16.6. The second kappa shape index (κ2) is 17.0. The number of carboxylic acid groups (broad SMARTS) is 1. The highest BCUT2D eigenvalue weighted by Crippen LogP contribution is 2.43. The molecular formula is C45H53Cl2N7O6. The average molecular weight is 859 g/mol. The number of hydrogen-bond donors (Lipinski definition) is 1. The van der Waals surface area contributed by atoms with Crippen molar-refractivity contribution in [3.05, 3.63) is 91.5 Å². The number of fused-ring (bicyclic) bond motifs is 3. The van der Waals surface area contributed by atoms with Gasteiger partial charge in [0.1, 0.15) is 22.9 Å². The van der Waals surface area contributed by atoms with Crippen LogP contribution in [-0.2, 0) is 31.3 Å². The number of aromatic carboxylic acids is 1. The normalized spacial score (nSPS) is 14.8. The quantitative estimate of drug-likeness (QED) is 0.137. The molecule has 2 amide bonds. The van der Waals surface area contributed by atoms with E-state index in [1.807, 2.05) is 89.4 Å². The molecule has 1 fully saturated rings. The number of piperazine rings is 1. The van der Waals surface area contributed by atoms with Crippen molar-refractivity contribution in [2.75, 3.05) is 44.2 Å². The predicted octanol–water partition coefficient (Wildman–Crippen LogP) is 8.79. The molecule has 2 aliphatic heterocycles. The Kier molecular flexibility index (Phi) is 12.1. The number of halogens is 2. The van der Waals surface area contributed by atoms with Crippen LogP contribution in [0.1, 0.15) is 88.2 Å². The van der Waals surface area contributed by atoms with E-state index in [0.29, 0.717) is 87.4 Å². The molecule has 1 saturated heterocycles. The lowest BCUT2D eigenvalue weighted by molar-refractivity contribution is 0.0240. The first kappa shape index (κ1) is 42.8. The first-order valence-electron chi connectivity index (χ1n) is 20.4. The second-order valence-corrected chi connectivity index (χ2v) is 17.6. The van der Waals surface area contributed by atoms with Crippen LogP contribution < -0.4 is 9.64 Å². The number of anilines is 1. The summed E-state index contributed by atoms with van der Waals surface area (Å²) in [5, 5.41) is 17.1. The fraction of sp³-hybridized carbons (Fsp3) is 0.444. The number of aromatic nitrogens is 4. The van der Waals surface area contributed by atoms with Crippen molar-refractivity contribution in [3.63, 3.8) is 0 Å². The van der Waals surface area contributed by atoms with Crippen molar-refractivity contribution in [3.8, 4) is 16.9 Å². The Bertz CT molecular complexity index is 2470. The topological polar surface area (TPSA) is 135 Å². The largest absolute Gasteiger partial charge is 0.494 e. The highest BCUT2D eigenvalue weighted by molar-refractivity contribution is 6.35. The number of rotatable bonds is 10. The Labute approximate surface area is 360 Å².